The summed E-state index contributed by atoms with van der Waals surface area (Å²) in [5, 5.41) is 0. The predicted octanol–water partition coefficient (Wildman–Crippen LogP) is 14.2. The van der Waals surface area contributed by atoms with Gasteiger partial charge in [-0.1, -0.05) is 147 Å². The SMILES string of the molecule is CC1(C)c2ccccc2-c2c1ccc1c2N(c2ccccc2)c2cc(-c3cc(-c4ccccc4)cc(-c4ccccc4)c3)ccc2N1c1ccccc1. The van der Waals surface area contributed by atoms with Crippen LogP contribution in [0.4, 0.5) is 34.1 Å². The summed E-state index contributed by atoms with van der Waals surface area (Å²) in [6.45, 7) is 4.73. The van der Waals surface area contributed by atoms with Crippen LogP contribution < -0.4 is 9.80 Å². The fourth-order valence-corrected chi connectivity index (χ4v) is 8.58. The van der Waals surface area contributed by atoms with Crippen LogP contribution in [0.5, 0.6) is 0 Å². The zero-order valence-electron chi connectivity index (χ0n) is 29.9. The molecule has 8 aromatic rings. The molecular weight excluding hydrogens is 641 g/mol. The molecule has 2 heteroatoms. The molecule has 0 saturated carbocycles. The molecule has 1 aliphatic carbocycles. The number of fused-ring (bicyclic) bond motifs is 6. The Kier molecular flexibility index (Phi) is 7.19. The quantitative estimate of drug-likeness (QED) is 0.179. The maximum atomic E-state index is 2.52. The Morgan fingerprint density at radius 2 is 0.830 bits per heavy atom. The molecule has 53 heavy (non-hydrogen) atoms. The van der Waals surface area contributed by atoms with E-state index in [0.29, 0.717) is 0 Å². The third kappa shape index (κ3) is 5.02. The van der Waals surface area contributed by atoms with Crippen LogP contribution in [-0.2, 0) is 5.41 Å². The summed E-state index contributed by atoms with van der Waals surface area (Å²) in [5.74, 6) is 0. The largest absolute Gasteiger partial charge is 0.306 e. The van der Waals surface area contributed by atoms with Crippen molar-refractivity contribution in [2.45, 2.75) is 19.3 Å². The molecule has 0 atom stereocenters. The lowest BCUT2D eigenvalue weighted by Gasteiger charge is -2.42. The first-order chi connectivity index (χ1) is 26.1. The van der Waals surface area contributed by atoms with Crippen LogP contribution in [0.2, 0.25) is 0 Å². The van der Waals surface area contributed by atoms with E-state index in [1.54, 1.807) is 0 Å². The van der Waals surface area contributed by atoms with E-state index < -0.39 is 0 Å². The summed E-state index contributed by atoms with van der Waals surface area (Å²) in [4.78, 5) is 4.97. The summed E-state index contributed by atoms with van der Waals surface area (Å²) in [6, 6.07) is 70.9. The van der Waals surface area contributed by atoms with E-state index in [1.165, 1.54) is 67.0 Å². The van der Waals surface area contributed by atoms with Crippen molar-refractivity contribution in [3.05, 3.63) is 205 Å². The molecule has 0 bridgehead atoms. The predicted molar refractivity (Wildman–Crippen MR) is 223 cm³/mol. The van der Waals surface area contributed by atoms with Crippen LogP contribution in [0.3, 0.4) is 0 Å². The lowest BCUT2D eigenvalue weighted by atomic mass is 9.82. The van der Waals surface area contributed by atoms with Crippen LogP contribution in [0.15, 0.2) is 194 Å². The maximum absolute atomic E-state index is 2.52. The molecule has 10 rings (SSSR count). The molecule has 2 aliphatic rings. The summed E-state index contributed by atoms with van der Waals surface area (Å²) < 4.78 is 0. The Morgan fingerprint density at radius 3 is 1.43 bits per heavy atom. The molecule has 0 amide bonds. The second-order valence-corrected chi connectivity index (χ2v) is 14.6. The first-order valence-corrected chi connectivity index (χ1v) is 18.4. The average molecular weight is 679 g/mol. The third-order valence-electron chi connectivity index (χ3n) is 11.1. The Balaban J connectivity index is 1.26. The number of nitrogens with zero attached hydrogens (tertiary/aromatic N) is 2. The normalized spacial score (nSPS) is 13.5. The molecule has 252 valence electrons. The monoisotopic (exact) mass is 678 g/mol. The molecule has 0 N–H and O–H groups in total. The van der Waals surface area contributed by atoms with Crippen molar-refractivity contribution in [2.24, 2.45) is 0 Å². The Morgan fingerprint density at radius 1 is 0.340 bits per heavy atom. The van der Waals surface area contributed by atoms with Crippen LogP contribution in [0.25, 0.3) is 44.5 Å². The van der Waals surface area contributed by atoms with Gasteiger partial charge < -0.3 is 9.80 Å². The Bertz CT molecular complexity index is 2570. The lowest BCUT2D eigenvalue weighted by molar-refractivity contribution is 0.660. The van der Waals surface area contributed by atoms with E-state index in [2.05, 4.69) is 218 Å². The van der Waals surface area contributed by atoms with Gasteiger partial charge in [-0.05, 0) is 111 Å². The number of benzene rings is 8. The highest BCUT2D eigenvalue weighted by Crippen LogP contribution is 2.62. The topological polar surface area (TPSA) is 6.48 Å². The number of hydrogen-bond donors (Lipinski definition) is 0. The van der Waals surface area contributed by atoms with Crippen molar-refractivity contribution in [1.29, 1.82) is 0 Å². The molecule has 0 radical (unpaired) electrons. The number of hydrogen-bond acceptors (Lipinski definition) is 2. The van der Waals surface area contributed by atoms with Crippen LogP contribution in [0.1, 0.15) is 25.0 Å². The number of para-hydroxylation sites is 2. The van der Waals surface area contributed by atoms with E-state index in [0.717, 1.165) is 22.7 Å². The molecule has 0 spiro atoms. The van der Waals surface area contributed by atoms with Crippen molar-refractivity contribution in [2.75, 3.05) is 9.80 Å². The minimum absolute atomic E-state index is 0.130. The summed E-state index contributed by atoms with van der Waals surface area (Å²) in [7, 11) is 0. The van der Waals surface area contributed by atoms with Gasteiger partial charge in [-0.25, -0.2) is 0 Å². The molecule has 0 unspecified atom stereocenters. The second-order valence-electron chi connectivity index (χ2n) is 14.6. The van der Waals surface area contributed by atoms with Gasteiger partial charge in [-0.2, -0.15) is 0 Å². The smallest absolute Gasteiger partial charge is 0.0785 e. The summed E-state index contributed by atoms with van der Waals surface area (Å²) in [6.07, 6.45) is 0. The lowest BCUT2D eigenvalue weighted by Crippen LogP contribution is -2.25. The van der Waals surface area contributed by atoms with Gasteiger partial charge in [-0.3, -0.25) is 0 Å². The maximum Gasteiger partial charge on any atom is 0.0785 e. The Labute approximate surface area is 311 Å². The molecule has 0 aromatic heterocycles. The summed E-state index contributed by atoms with van der Waals surface area (Å²) >= 11 is 0. The van der Waals surface area contributed by atoms with Gasteiger partial charge in [0.05, 0.1) is 22.7 Å². The molecule has 1 aliphatic heterocycles. The van der Waals surface area contributed by atoms with Crippen molar-refractivity contribution in [3.63, 3.8) is 0 Å². The van der Waals surface area contributed by atoms with Crippen molar-refractivity contribution < 1.29 is 0 Å². The fraction of sp³-hybridized carbons (Fsp3) is 0.0588. The average Bonchev–Trinajstić information content (AvgIpc) is 3.46. The van der Waals surface area contributed by atoms with Crippen LogP contribution in [-0.4, -0.2) is 0 Å². The first-order valence-electron chi connectivity index (χ1n) is 18.4. The number of rotatable bonds is 5. The van der Waals surface area contributed by atoms with Gasteiger partial charge >= 0.3 is 0 Å². The van der Waals surface area contributed by atoms with Gasteiger partial charge in [0.25, 0.3) is 0 Å². The highest BCUT2D eigenvalue weighted by molar-refractivity contribution is 6.09. The van der Waals surface area contributed by atoms with Gasteiger partial charge in [0, 0.05) is 22.4 Å². The molecule has 2 nitrogen and oxygen atoms in total. The zero-order valence-corrected chi connectivity index (χ0v) is 29.9. The molecule has 0 fully saturated rings. The first kappa shape index (κ1) is 31.1. The minimum atomic E-state index is -0.130. The third-order valence-corrected chi connectivity index (χ3v) is 11.1. The van der Waals surface area contributed by atoms with Crippen LogP contribution in [0, 0.1) is 0 Å². The van der Waals surface area contributed by atoms with Crippen molar-refractivity contribution >= 4 is 34.1 Å². The second kappa shape index (κ2) is 12.3. The highest BCUT2D eigenvalue weighted by atomic mass is 15.3. The van der Waals surface area contributed by atoms with E-state index in [9.17, 15) is 0 Å². The molecular formula is C51H38N2. The van der Waals surface area contributed by atoms with E-state index in [1.807, 2.05) is 0 Å². The van der Waals surface area contributed by atoms with Crippen LogP contribution >= 0.6 is 0 Å². The minimum Gasteiger partial charge on any atom is -0.306 e. The van der Waals surface area contributed by atoms with Gasteiger partial charge in [0.15, 0.2) is 0 Å². The van der Waals surface area contributed by atoms with E-state index in [-0.39, 0.29) is 5.41 Å². The van der Waals surface area contributed by atoms with Gasteiger partial charge in [-0.15, -0.1) is 0 Å². The zero-order chi connectivity index (χ0) is 35.5. The molecule has 0 saturated heterocycles. The van der Waals surface area contributed by atoms with E-state index >= 15 is 0 Å². The van der Waals surface area contributed by atoms with Gasteiger partial charge in [0.2, 0.25) is 0 Å². The van der Waals surface area contributed by atoms with Crippen molar-refractivity contribution in [1.82, 2.24) is 0 Å². The fourth-order valence-electron chi connectivity index (χ4n) is 8.58. The van der Waals surface area contributed by atoms with Crippen molar-refractivity contribution in [3.8, 4) is 44.5 Å². The number of anilines is 6. The molecule has 1 heterocycles. The highest BCUT2D eigenvalue weighted by Gasteiger charge is 2.42. The summed E-state index contributed by atoms with van der Waals surface area (Å²) in [5.41, 5.74) is 19.3. The Hall–Kier alpha value is -6.64. The van der Waals surface area contributed by atoms with Gasteiger partial charge in [0.1, 0.15) is 0 Å². The molecule has 8 aromatic carbocycles. The standard InChI is InChI=1S/C51H38N2/c1-51(2)44-26-16-15-25-43(44)49-45(51)28-30-47-50(49)53(42-23-13-6-14-24-42)48-34-37(27-29-46(48)52(47)41-21-11-5-12-22-41)40-32-38(35-17-7-3-8-18-35)31-39(33-40)36-19-9-4-10-20-36/h3-34H,1-2H3. The van der Waals surface area contributed by atoms with E-state index in [4.69, 9.17) is 0 Å².